The summed E-state index contributed by atoms with van der Waals surface area (Å²) >= 11 is 12.7. The van der Waals surface area contributed by atoms with E-state index in [0.717, 1.165) is 11.1 Å². The third-order valence-electron chi connectivity index (χ3n) is 8.71. The number of benzene rings is 2. The number of sulfonamides is 1. The Morgan fingerprint density at radius 2 is 1.74 bits per heavy atom. The van der Waals surface area contributed by atoms with Gasteiger partial charge in [0, 0.05) is 35.6 Å². The molecule has 0 spiro atoms. The van der Waals surface area contributed by atoms with E-state index in [1.165, 1.54) is 4.31 Å². The molecule has 230 valence electrons. The van der Waals surface area contributed by atoms with Gasteiger partial charge in [0.1, 0.15) is 0 Å². The van der Waals surface area contributed by atoms with Gasteiger partial charge in [-0.3, -0.25) is 9.59 Å². The number of aliphatic carboxylic acids is 1. The van der Waals surface area contributed by atoms with Gasteiger partial charge in [-0.2, -0.15) is 0 Å². The number of halogens is 2. The highest BCUT2D eigenvalue weighted by molar-refractivity contribution is 7.90. The molecule has 2 aromatic carbocycles. The highest BCUT2D eigenvalue weighted by atomic mass is 35.5. The lowest BCUT2D eigenvalue weighted by Gasteiger charge is -2.53. The summed E-state index contributed by atoms with van der Waals surface area (Å²) in [4.78, 5) is 31.0. The fourth-order valence-electron chi connectivity index (χ4n) is 6.30. The Balaban J connectivity index is 1.91. The summed E-state index contributed by atoms with van der Waals surface area (Å²) in [6.07, 6.45) is 2.10. The second kappa shape index (κ2) is 13.2. The lowest BCUT2D eigenvalue weighted by Crippen LogP contribution is -2.59. The Morgan fingerprint density at radius 1 is 1.07 bits per heavy atom. The van der Waals surface area contributed by atoms with Crippen molar-refractivity contribution in [2.24, 2.45) is 5.41 Å². The Bertz CT molecular complexity index is 1380. The first kappa shape index (κ1) is 32.7. The largest absolute Gasteiger partial charge is 0.481 e. The van der Waals surface area contributed by atoms with Crippen LogP contribution in [0.25, 0.3) is 0 Å². The zero-order chi connectivity index (χ0) is 30.8. The van der Waals surface area contributed by atoms with Gasteiger partial charge >= 0.3 is 5.97 Å². The van der Waals surface area contributed by atoms with Crippen LogP contribution in [-0.2, 0) is 19.6 Å². The number of carboxylic acid groups (broad SMARTS) is 1. The number of rotatable bonds is 13. The number of hydrogen-bond donors (Lipinski definition) is 1. The van der Waals surface area contributed by atoms with Crippen molar-refractivity contribution in [1.82, 2.24) is 14.1 Å². The number of carboxylic acids is 1. The first-order valence-corrected chi connectivity index (χ1v) is 16.7. The predicted octanol–water partition coefficient (Wildman–Crippen LogP) is 5.67. The molecule has 0 aromatic heterocycles. The molecule has 1 aliphatic heterocycles. The molecule has 4 rings (SSSR count). The SMILES string of the molecule is CCC(CN(C)S(=O)(=O)C1CC1)N1C(=O)[C@@](CCN(C)C)(CC(=O)O)C[C@H](c2cccc(Cl)c2)[C@H]1c1ccc(Cl)cc1. The number of likely N-dealkylation sites (N-methyl/N-ethyl adjacent to an activating group) is 1. The molecule has 0 radical (unpaired) electrons. The fourth-order valence-corrected chi connectivity index (χ4v) is 8.25. The van der Waals surface area contributed by atoms with E-state index in [1.807, 2.05) is 56.3 Å². The van der Waals surface area contributed by atoms with Crippen molar-refractivity contribution in [3.05, 3.63) is 69.7 Å². The number of hydrogen-bond acceptors (Lipinski definition) is 5. The molecule has 1 saturated carbocycles. The Kier molecular flexibility index (Phi) is 10.3. The molecule has 4 atom stereocenters. The topological polar surface area (TPSA) is 98.2 Å². The Morgan fingerprint density at radius 3 is 2.29 bits per heavy atom. The molecule has 11 heteroatoms. The molecule has 2 fully saturated rings. The molecule has 0 bridgehead atoms. The zero-order valence-corrected chi connectivity index (χ0v) is 27.0. The zero-order valence-electron chi connectivity index (χ0n) is 24.7. The number of carbonyl (C=O) groups is 2. The number of piperidine rings is 1. The second-order valence-electron chi connectivity index (χ2n) is 12.1. The van der Waals surface area contributed by atoms with Crippen LogP contribution >= 0.6 is 23.2 Å². The van der Waals surface area contributed by atoms with Crippen molar-refractivity contribution in [1.29, 1.82) is 0 Å². The summed E-state index contributed by atoms with van der Waals surface area (Å²) in [6.45, 7) is 2.58. The average molecular weight is 639 g/mol. The third kappa shape index (κ3) is 7.13. The molecular weight excluding hydrogens is 597 g/mol. The van der Waals surface area contributed by atoms with Crippen LogP contribution in [0.5, 0.6) is 0 Å². The Hall–Kier alpha value is -2.17. The van der Waals surface area contributed by atoms with Gasteiger partial charge in [-0.15, -0.1) is 0 Å². The van der Waals surface area contributed by atoms with Gasteiger partial charge in [0.2, 0.25) is 15.9 Å². The van der Waals surface area contributed by atoms with E-state index in [0.29, 0.717) is 48.7 Å². The maximum atomic E-state index is 14.9. The predicted molar refractivity (Wildman–Crippen MR) is 166 cm³/mol. The molecule has 2 aromatic rings. The van der Waals surface area contributed by atoms with Crippen molar-refractivity contribution < 1.29 is 23.1 Å². The molecule has 1 N–H and O–H groups in total. The first-order valence-electron chi connectivity index (χ1n) is 14.4. The van der Waals surface area contributed by atoms with Gasteiger partial charge in [0.05, 0.1) is 23.1 Å². The number of nitrogens with zero attached hydrogens (tertiary/aromatic N) is 3. The van der Waals surface area contributed by atoms with Crippen molar-refractivity contribution >= 4 is 45.1 Å². The summed E-state index contributed by atoms with van der Waals surface area (Å²) < 4.78 is 27.7. The highest BCUT2D eigenvalue weighted by Crippen LogP contribution is 2.54. The molecule has 1 aliphatic carbocycles. The van der Waals surface area contributed by atoms with Crippen LogP contribution in [0.2, 0.25) is 10.0 Å². The number of likely N-dealkylation sites (tertiary alicyclic amines) is 1. The quantitative estimate of drug-likeness (QED) is 0.304. The monoisotopic (exact) mass is 637 g/mol. The van der Waals surface area contributed by atoms with Gasteiger partial charge in [-0.1, -0.05) is 54.4 Å². The molecule has 1 heterocycles. The third-order valence-corrected chi connectivity index (χ3v) is 11.5. The van der Waals surface area contributed by atoms with Crippen molar-refractivity contribution in [3.8, 4) is 0 Å². The first-order chi connectivity index (χ1) is 19.8. The van der Waals surface area contributed by atoms with Crippen LogP contribution in [0.3, 0.4) is 0 Å². The van der Waals surface area contributed by atoms with Crippen molar-refractivity contribution in [2.75, 3.05) is 34.2 Å². The van der Waals surface area contributed by atoms with Crippen LogP contribution in [-0.4, -0.2) is 85.0 Å². The van der Waals surface area contributed by atoms with E-state index in [9.17, 15) is 23.1 Å². The van der Waals surface area contributed by atoms with Gasteiger partial charge < -0.3 is 14.9 Å². The lowest BCUT2D eigenvalue weighted by atomic mass is 9.64. The molecule has 2 aliphatic rings. The average Bonchev–Trinajstić information content (AvgIpc) is 3.78. The summed E-state index contributed by atoms with van der Waals surface area (Å²) in [5.74, 6) is -1.60. The van der Waals surface area contributed by atoms with E-state index >= 15 is 0 Å². The lowest BCUT2D eigenvalue weighted by molar-refractivity contribution is -0.163. The molecule has 1 amide bonds. The van der Waals surface area contributed by atoms with Crippen LogP contribution in [0.1, 0.15) is 68.5 Å². The van der Waals surface area contributed by atoms with Crippen molar-refractivity contribution in [2.45, 2.75) is 68.7 Å². The minimum atomic E-state index is -3.50. The number of carbonyl (C=O) groups excluding carboxylic acids is 1. The maximum Gasteiger partial charge on any atom is 0.304 e. The molecule has 1 unspecified atom stereocenters. The molecule has 42 heavy (non-hydrogen) atoms. The minimum absolute atomic E-state index is 0.115. The van der Waals surface area contributed by atoms with E-state index in [-0.39, 0.29) is 30.0 Å². The van der Waals surface area contributed by atoms with Crippen LogP contribution < -0.4 is 0 Å². The van der Waals surface area contributed by atoms with Gasteiger partial charge in [-0.25, -0.2) is 12.7 Å². The van der Waals surface area contributed by atoms with Crippen LogP contribution in [0, 0.1) is 5.41 Å². The van der Waals surface area contributed by atoms with Crippen molar-refractivity contribution in [3.63, 3.8) is 0 Å². The van der Waals surface area contributed by atoms with E-state index < -0.39 is 33.5 Å². The smallest absolute Gasteiger partial charge is 0.304 e. The van der Waals surface area contributed by atoms with E-state index in [4.69, 9.17) is 23.2 Å². The number of amides is 1. The highest BCUT2D eigenvalue weighted by Gasteiger charge is 2.55. The van der Waals surface area contributed by atoms with Gasteiger partial charge in [0.25, 0.3) is 0 Å². The fraction of sp³-hybridized carbons (Fsp3) is 0.548. The summed E-state index contributed by atoms with van der Waals surface area (Å²) in [6, 6.07) is 13.9. The van der Waals surface area contributed by atoms with E-state index in [2.05, 4.69) is 0 Å². The second-order valence-corrected chi connectivity index (χ2v) is 15.3. The van der Waals surface area contributed by atoms with Crippen LogP contribution in [0.4, 0.5) is 0 Å². The van der Waals surface area contributed by atoms with Crippen LogP contribution in [0.15, 0.2) is 48.5 Å². The standard InChI is InChI=1S/C31H41Cl2N3O5S/c1-5-25(20-35(4)42(40,41)26-13-14-26)36-29(21-9-11-23(32)12-10-21)27(22-7-6-8-24(33)17-22)18-31(30(36)39,19-28(37)38)15-16-34(2)3/h6-12,17,25-27,29H,5,13-16,18-20H2,1-4H3,(H,37,38)/t25?,27-,29-,31-/m1/s1. The minimum Gasteiger partial charge on any atom is -0.481 e. The van der Waals surface area contributed by atoms with Gasteiger partial charge in [-0.05, 0) is 88.1 Å². The molecule has 1 saturated heterocycles. The van der Waals surface area contributed by atoms with E-state index in [1.54, 1.807) is 30.1 Å². The summed E-state index contributed by atoms with van der Waals surface area (Å²) in [5, 5.41) is 10.8. The molecule has 8 nitrogen and oxygen atoms in total. The Labute approximate surface area is 259 Å². The normalized spacial score (nSPS) is 23.9. The summed E-state index contributed by atoms with van der Waals surface area (Å²) in [5.41, 5.74) is 0.543. The maximum absolute atomic E-state index is 14.9. The molecular formula is C31H41Cl2N3O5S. The van der Waals surface area contributed by atoms with Gasteiger partial charge in [0.15, 0.2) is 0 Å². The summed E-state index contributed by atoms with van der Waals surface area (Å²) in [7, 11) is 1.88.